The molecule has 0 aromatic heterocycles. The predicted molar refractivity (Wildman–Crippen MR) is 77.7 cm³/mol. The third-order valence-electron chi connectivity index (χ3n) is 4.59. The molecular weight excluding hydrogens is 258 g/mol. The number of hydrogen-bond donors (Lipinski definition) is 0. The second-order valence-corrected chi connectivity index (χ2v) is 6.20. The van der Waals surface area contributed by atoms with Crippen molar-refractivity contribution < 1.29 is 8.78 Å². The molecule has 2 fully saturated rings. The molecule has 0 spiro atoms. The molecule has 3 rings (SSSR count). The van der Waals surface area contributed by atoms with Crippen LogP contribution in [0.3, 0.4) is 0 Å². The quantitative estimate of drug-likeness (QED) is 0.820. The summed E-state index contributed by atoms with van der Waals surface area (Å²) in [6, 6.07) is 8.24. The zero-order chi connectivity index (χ0) is 14.2. The Morgan fingerprint density at radius 2 is 1.90 bits per heavy atom. The van der Waals surface area contributed by atoms with Gasteiger partial charge >= 0.3 is 0 Å². The van der Waals surface area contributed by atoms with E-state index in [4.69, 9.17) is 0 Å². The number of piperidine rings is 1. The van der Waals surface area contributed by atoms with Crippen LogP contribution in [0.25, 0.3) is 0 Å². The topological polar surface area (TPSA) is 6.48 Å². The maximum atomic E-state index is 13.3. The van der Waals surface area contributed by atoms with Gasteiger partial charge in [0.15, 0.2) is 0 Å². The van der Waals surface area contributed by atoms with E-state index >= 15 is 0 Å². The Kier molecular flexibility index (Phi) is 3.67. The third kappa shape index (κ3) is 2.95. The number of anilines is 1. The SMILES string of the molecule is CN1CCC(c2cccc(N3CCC(F)(F)C3)c2)CC1. The van der Waals surface area contributed by atoms with Gasteiger partial charge in [0.05, 0.1) is 6.54 Å². The lowest BCUT2D eigenvalue weighted by Gasteiger charge is -2.30. The maximum absolute atomic E-state index is 13.3. The summed E-state index contributed by atoms with van der Waals surface area (Å²) in [6.45, 7) is 2.57. The van der Waals surface area contributed by atoms with Crippen LogP contribution in [0.2, 0.25) is 0 Å². The highest BCUT2D eigenvalue weighted by atomic mass is 19.3. The second kappa shape index (κ2) is 5.32. The molecule has 0 amide bonds. The van der Waals surface area contributed by atoms with Crippen LogP contribution in [-0.2, 0) is 0 Å². The summed E-state index contributed by atoms with van der Waals surface area (Å²) < 4.78 is 26.7. The molecule has 1 aromatic rings. The van der Waals surface area contributed by atoms with Crippen molar-refractivity contribution in [2.24, 2.45) is 0 Å². The first-order valence-corrected chi connectivity index (χ1v) is 7.45. The van der Waals surface area contributed by atoms with Gasteiger partial charge in [0, 0.05) is 18.7 Å². The highest BCUT2D eigenvalue weighted by Gasteiger charge is 2.38. The summed E-state index contributed by atoms with van der Waals surface area (Å²) in [5, 5.41) is 0. The number of nitrogens with zero attached hydrogens (tertiary/aromatic N) is 2. The van der Waals surface area contributed by atoms with Gasteiger partial charge in [-0.2, -0.15) is 0 Å². The van der Waals surface area contributed by atoms with E-state index in [2.05, 4.69) is 24.1 Å². The zero-order valence-corrected chi connectivity index (χ0v) is 12.0. The lowest BCUT2D eigenvalue weighted by molar-refractivity contribution is 0.0257. The first-order chi connectivity index (χ1) is 9.53. The Balaban J connectivity index is 1.73. The van der Waals surface area contributed by atoms with Crippen LogP contribution in [-0.4, -0.2) is 44.0 Å². The minimum atomic E-state index is -2.52. The Morgan fingerprint density at radius 3 is 2.55 bits per heavy atom. The molecule has 0 bridgehead atoms. The number of alkyl halides is 2. The van der Waals surface area contributed by atoms with Crippen molar-refractivity contribution in [2.75, 3.05) is 38.1 Å². The fourth-order valence-electron chi connectivity index (χ4n) is 3.27. The second-order valence-electron chi connectivity index (χ2n) is 6.20. The summed E-state index contributed by atoms with van der Waals surface area (Å²) in [6.07, 6.45) is 2.30. The molecule has 1 aromatic carbocycles. The Bertz CT molecular complexity index is 467. The fourth-order valence-corrected chi connectivity index (χ4v) is 3.27. The van der Waals surface area contributed by atoms with Crippen molar-refractivity contribution in [3.63, 3.8) is 0 Å². The Morgan fingerprint density at radius 1 is 1.15 bits per heavy atom. The highest BCUT2D eigenvalue weighted by Crippen LogP contribution is 2.34. The summed E-state index contributed by atoms with van der Waals surface area (Å²) >= 11 is 0. The van der Waals surface area contributed by atoms with E-state index in [9.17, 15) is 8.78 Å². The zero-order valence-electron chi connectivity index (χ0n) is 12.0. The van der Waals surface area contributed by atoms with Crippen molar-refractivity contribution in [1.82, 2.24) is 4.90 Å². The van der Waals surface area contributed by atoms with Gasteiger partial charge in [-0.1, -0.05) is 12.1 Å². The Labute approximate surface area is 119 Å². The first kappa shape index (κ1) is 13.8. The van der Waals surface area contributed by atoms with E-state index in [-0.39, 0.29) is 13.0 Å². The van der Waals surface area contributed by atoms with E-state index in [0.717, 1.165) is 31.6 Å². The van der Waals surface area contributed by atoms with Crippen LogP contribution >= 0.6 is 0 Å². The molecule has 2 saturated heterocycles. The smallest absolute Gasteiger partial charge is 0.266 e. The predicted octanol–water partition coefficient (Wildman–Crippen LogP) is 3.34. The Hall–Kier alpha value is -1.16. The monoisotopic (exact) mass is 280 g/mol. The molecule has 0 unspecified atom stereocenters. The molecule has 0 radical (unpaired) electrons. The molecule has 0 atom stereocenters. The molecule has 2 aliphatic heterocycles. The minimum Gasteiger partial charge on any atom is -0.365 e. The summed E-state index contributed by atoms with van der Waals surface area (Å²) in [4.78, 5) is 4.17. The molecule has 2 heterocycles. The molecule has 2 aliphatic rings. The van der Waals surface area contributed by atoms with Crippen LogP contribution in [0.1, 0.15) is 30.7 Å². The van der Waals surface area contributed by atoms with Crippen molar-refractivity contribution in [3.8, 4) is 0 Å². The van der Waals surface area contributed by atoms with Crippen LogP contribution in [0.4, 0.5) is 14.5 Å². The number of likely N-dealkylation sites (tertiary alicyclic amines) is 1. The van der Waals surface area contributed by atoms with Crippen molar-refractivity contribution in [3.05, 3.63) is 29.8 Å². The van der Waals surface area contributed by atoms with Gasteiger partial charge in [0.1, 0.15) is 0 Å². The van der Waals surface area contributed by atoms with E-state index in [0.29, 0.717) is 12.5 Å². The van der Waals surface area contributed by atoms with Crippen LogP contribution in [0.5, 0.6) is 0 Å². The number of halogens is 2. The van der Waals surface area contributed by atoms with Gasteiger partial charge in [0.25, 0.3) is 5.92 Å². The average molecular weight is 280 g/mol. The molecular formula is C16H22F2N2. The van der Waals surface area contributed by atoms with Crippen molar-refractivity contribution in [2.45, 2.75) is 31.1 Å². The average Bonchev–Trinajstić information content (AvgIpc) is 2.80. The normalized spacial score (nSPS) is 24.2. The lowest BCUT2D eigenvalue weighted by Crippen LogP contribution is -2.29. The summed E-state index contributed by atoms with van der Waals surface area (Å²) in [5.41, 5.74) is 2.27. The molecule has 2 nitrogen and oxygen atoms in total. The largest absolute Gasteiger partial charge is 0.365 e. The van der Waals surface area contributed by atoms with Crippen molar-refractivity contribution in [1.29, 1.82) is 0 Å². The standard InChI is InChI=1S/C16H22F2N2/c1-19-8-5-13(6-9-19)14-3-2-4-15(11-14)20-10-7-16(17,18)12-20/h2-4,11,13H,5-10,12H2,1H3. The van der Waals surface area contributed by atoms with Crippen LogP contribution in [0, 0.1) is 0 Å². The highest BCUT2D eigenvalue weighted by molar-refractivity contribution is 5.50. The van der Waals surface area contributed by atoms with E-state index in [1.807, 2.05) is 17.0 Å². The van der Waals surface area contributed by atoms with Gasteiger partial charge in [-0.05, 0) is 56.6 Å². The summed E-state index contributed by atoms with van der Waals surface area (Å²) in [5.74, 6) is -1.95. The number of benzene rings is 1. The van der Waals surface area contributed by atoms with Crippen molar-refractivity contribution >= 4 is 5.69 Å². The van der Waals surface area contributed by atoms with Crippen LogP contribution in [0.15, 0.2) is 24.3 Å². The van der Waals surface area contributed by atoms with Gasteiger partial charge in [0.2, 0.25) is 0 Å². The third-order valence-corrected chi connectivity index (χ3v) is 4.59. The van der Waals surface area contributed by atoms with Crippen LogP contribution < -0.4 is 4.90 Å². The molecule has 110 valence electrons. The fraction of sp³-hybridized carbons (Fsp3) is 0.625. The number of rotatable bonds is 2. The molecule has 20 heavy (non-hydrogen) atoms. The molecule has 0 saturated carbocycles. The maximum Gasteiger partial charge on any atom is 0.266 e. The van der Waals surface area contributed by atoms with E-state index in [1.54, 1.807) is 0 Å². The number of hydrogen-bond acceptors (Lipinski definition) is 2. The van der Waals surface area contributed by atoms with Gasteiger partial charge in [-0.15, -0.1) is 0 Å². The first-order valence-electron chi connectivity index (χ1n) is 7.45. The minimum absolute atomic E-state index is 0.0224. The molecule has 0 N–H and O–H groups in total. The van der Waals surface area contributed by atoms with E-state index in [1.165, 1.54) is 5.56 Å². The van der Waals surface area contributed by atoms with Gasteiger partial charge in [-0.3, -0.25) is 0 Å². The molecule has 0 aliphatic carbocycles. The molecule has 4 heteroatoms. The lowest BCUT2D eigenvalue weighted by atomic mass is 9.89. The summed E-state index contributed by atoms with van der Waals surface area (Å²) in [7, 11) is 2.15. The van der Waals surface area contributed by atoms with E-state index < -0.39 is 5.92 Å². The van der Waals surface area contributed by atoms with Gasteiger partial charge < -0.3 is 9.80 Å². The van der Waals surface area contributed by atoms with Gasteiger partial charge in [-0.25, -0.2) is 8.78 Å².